The third-order valence-corrected chi connectivity index (χ3v) is 6.41. The van der Waals surface area contributed by atoms with Crippen LogP contribution in [0.15, 0.2) is 75.3 Å². The minimum absolute atomic E-state index is 0.0509. The van der Waals surface area contributed by atoms with E-state index in [1.165, 1.54) is 16.3 Å². The van der Waals surface area contributed by atoms with E-state index in [9.17, 15) is 9.59 Å². The van der Waals surface area contributed by atoms with Crippen molar-refractivity contribution in [2.45, 2.75) is 11.7 Å². The first-order chi connectivity index (χ1) is 15.1. The molecule has 154 valence electrons. The van der Waals surface area contributed by atoms with Crippen LogP contribution >= 0.6 is 23.1 Å². The second-order valence-corrected chi connectivity index (χ2v) is 8.60. The van der Waals surface area contributed by atoms with Crippen LogP contribution in [0, 0.1) is 11.3 Å². The summed E-state index contributed by atoms with van der Waals surface area (Å²) in [7, 11) is 1.77. The fourth-order valence-electron chi connectivity index (χ4n) is 3.10. The van der Waals surface area contributed by atoms with Crippen LogP contribution in [-0.2, 0) is 11.3 Å². The highest BCUT2D eigenvalue weighted by Gasteiger charge is 2.16. The van der Waals surface area contributed by atoms with Crippen molar-refractivity contribution in [2.75, 3.05) is 12.8 Å². The lowest BCUT2D eigenvalue weighted by molar-refractivity contribution is -0.127. The van der Waals surface area contributed by atoms with Crippen molar-refractivity contribution in [2.24, 2.45) is 0 Å². The van der Waals surface area contributed by atoms with Crippen LogP contribution in [0.3, 0.4) is 0 Å². The maximum Gasteiger partial charge on any atom is 0.266 e. The molecule has 0 N–H and O–H groups in total. The van der Waals surface area contributed by atoms with Crippen LogP contribution in [0.5, 0.6) is 0 Å². The summed E-state index contributed by atoms with van der Waals surface area (Å²) in [5.41, 5.74) is 2.56. The predicted octanol–water partition coefficient (Wildman–Crippen LogP) is 4.07. The number of para-hydroxylation sites is 1. The van der Waals surface area contributed by atoms with E-state index in [0.29, 0.717) is 33.9 Å². The molecule has 0 radical (unpaired) electrons. The topological polar surface area (TPSA) is 79.0 Å². The molecule has 4 rings (SSSR count). The number of hydrogen-bond donors (Lipinski definition) is 0. The van der Waals surface area contributed by atoms with E-state index in [-0.39, 0.29) is 17.2 Å². The summed E-state index contributed by atoms with van der Waals surface area (Å²) < 4.78 is 1.50. The van der Waals surface area contributed by atoms with Gasteiger partial charge in [-0.25, -0.2) is 4.98 Å². The second-order valence-electron chi connectivity index (χ2n) is 6.88. The number of carbonyl (C=O) groups is 1. The summed E-state index contributed by atoms with van der Waals surface area (Å²) in [6.45, 7) is 0.538. The molecule has 2 aromatic heterocycles. The molecule has 0 fully saturated rings. The Labute approximate surface area is 187 Å². The molecule has 0 bridgehead atoms. The van der Waals surface area contributed by atoms with Gasteiger partial charge < -0.3 is 4.90 Å². The minimum Gasteiger partial charge on any atom is -0.341 e. The Hall–Kier alpha value is -3.41. The van der Waals surface area contributed by atoms with E-state index >= 15 is 0 Å². The number of thiophene rings is 1. The lowest BCUT2D eigenvalue weighted by atomic mass is 10.2. The molecular weight excluding hydrogens is 428 g/mol. The van der Waals surface area contributed by atoms with Gasteiger partial charge in [-0.1, -0.05) is 23.9 Å². The molecule has 8 heteroatoms. The lowest BCUT2D eigenvalue weighted by Crippen LogP contribution is -2.28. The number of amides is 1. The van der Waals surface area contributed by atoms with Crippen molar-refractivity contribution in [3.63, 3.8) is 0 Å². The number of aromatic nitrogens is 2. The standard InChI is InChI=1S/C23H18N4O2S2/c1-26(13-17-10-11-30-14-17)21(28)15-31-23-25-20-5-3-2-4-19(20)22(29)27(23)18-8-6-16(12-24)7-9-18/h2-11,14H,13,15H2,1H3. The largest absolute Gasteiger partial charge is 0.341 e. The van der Waals surface area contributed by atoms with E-state index in [4.69, 9.17) is 5.26 Å². The molecule has 31 heavy (non-hydrogen) atoms. The Bertz CT molecular complexity index is 1320. The zero-order valence-electron chi connectivity index (χ0n) is 16.7. The molecule has 0 aliphatic heterocycles. The monoisotopic (exact) mass is 446 g/mol. The van der Waals surface area contributed by atoms with Crippen LogP contribution in [0.25, 0.3) is 16.6 Å². The van der Waals surface area contributed by atoms with Gasteiger partial charge in [0, 0.05) is 13.6 Å². The van der Waals surface area contributed by atoms with E-state index < -0.39 is 0 Å². The Morgan fingerprint density at radius 1 is 1.19 bits per heavy atom. The molecule has 1 amide bonds. The Morgan fingerprint density at radius 2 is 1.97 bits per heavy atom. The Balaban J connectivity index is 1.66. The average Bonchev–Trinajstić information content (AvgIpc) is 3.31. The van der Waals surface area contributed by atoms with Gasteiger partial charge in [-0.2, -0.15) is 16.6 Å². The van der Waals surface area contributed by atoms with Gasteiger partial charge >= 0.3 is 0 Å². The van der Waals surface area contributed by atoms with Crippen molar-refractivity contribution < 1.29 is 4.79 Å². The van der Waals surface area contributed by atoms with E-state index in [1.807, 2.05) is 22.9 Å². The van der Waals surface area contributed by atoms with Crippen molar-refractivity contribution in [3.8, 4) is 11.8 Å². The van der Waals surface area contributed by atoms with Crippen molar-refractivity contribution in [1.82, 2.24) is 14.5 Å². The van der Waals surface area contributed by atoms with Gasteiger partial charge in [0.15, 0.2) is 5.16 Å². The van der Waals surface area contributed by atoms with Gasteiger partial charge in [0.2, 0.25) is 5.91 Å². The van der Waals surface area contributed by atoms with Crippen molar-refractivity contribution in [1.29, 1.82) is 5.26 Å². The van der Waals surface area contributed by atoms with E-state index in [1.54, 1.807) is 65.7 Å². The smallest absolute Gasteiger partial charge is 0.266 e. The molecule has 0 aliphatic carbocycles. The molecule has 2 heterocycles. The van der Waals surface area contributed by atoms with Gasteiger partial charge in [0.25, 0.3) is 5.56 Å². The molecule has 4 aromatic rings. The third kappa shape index (κ3) is 4.53. The van der Waals surface area contributed by atoms with Crippen LogP contribution in [0.1, 0.15) is 11.1 Å². The van der Waals surface area contributed by atoms with Crippen LogP contribution in [0.4, 0.5) is 0 Å². The average molecular weight is 447 g/mol. The highest BCUT2D eigenvalue weighted by molar-refractivity contribution is 7.99. The quantitative estimate of drug-likeness (QED) is 0.330. The van der Waals surface area contributed by atoms with Crippen molar-refractivity contribution >= 4 is 39.9 Å². The summed E-state index contributed by atoms with van der Waals surface area (Å²) in [6.07, 6.45) is 0. The molecule has 0 aliphatic rings. The highest BCUT2D eigenvalue weighted by atomic mass is 32.2. The first-order valence-corrected chi connectivity index (χ1v) is 11.4. The number of fused-ring (bicyclic) bond motifs is 1. The SMILES string of the molecule is CN(Cc1ccsc1)C(=O)CSc1nc2ccccc2c(=O)n1-c1ccc(C#N)cc1. The molecule has 0 spiro atoms. The van der Waals surface area contributed by atoms with E-state index in [0.717, 1.165) is 5.56 Å². The first kappa shape index (κ1) is 20.8. The minimum atomic E-state index is -0.211. The summed E-state index contributed by atoms with van der Waals surface area (Å²) in [6, 6.07) is 18.0. The Morgan fingerprint density at radius 3 is 2.68 bits per heavy atom. The third-order valence-electron chi connectivity index (χ3n) is 4.75. The summed E-state index contributed by atoms with van der Waals surface area (Å²) in [5.74, 6) is 0.104. The fraction of sp³-hybridized carbons (Fsp3) is 0.130. The number of benzene rings is 2. The lowest BCUT2D eigenvalue weighted by Gasteiger charge is -2.17. The van der Waals surface area contributed by atoms with Gasteiger partial charge in [0.05, 0.1) is 34.0 Å². The van der Waals surface area contributed by atoms with Gasteiger partial charge in [0.1, 0.15) is 0 Å². The molecule has 6 nitrogen and oxygen atoms in total. The van der Waals surface area contributed by atoms with Gasteiger partial charge in [-0.15, -0.1) is 0 Å². The summed E-state index contributed by atoms with van der Waals surface area (Å²) >= 11 is 2.83. The fourth-order valence-corrected chi connectivity index (χ4v) is 4.72. The molecule has 2 aromatic carbocycles. The molecule has 0 atom stereocenters. The number of nitrogens with zero attached hydrogens (tertiary/aromatic N) is 4. The zero-order chi connectivity index (χ0) is 21.8. The zero-order valence-corrected chi connectivity index (χ0v) is 18.3. The van der Waals surface area contributed by atoms with Gasteiger partial charge in [-0.3, -0.25) is 14.2 Å². The summed E-state index contributed by atoms with van der Waals surface area (Å²) in [4.78, 5) is 32.2. The summed E-state index contributed by atoms with van der Waals surface area (Å²) in [5, 5.41) is 14.0. The molecule has 0 saturated heterocycles. The van der Waals surface area contributed by atoms with Crippen LogP contribution < -0.4 is 5.56 Å². The van der Waals surface area contributed by atoms with Crippen LogP contribution in [0.2, 0.25) is 0 Å². The molecule has 0 unspecified atom stereocenters. The second kappa shape index (κ2) is 9.16. The number of nitriles is 1. The molecular formula is C23H18N4O2S2. The number of thioether (sulfide) groups is 1. The van der Waals surface area contributed by atoms with Gasteiger partial charge in [-0.05, 0) is 58.8 Å². The maximum absolute atomic E-state index is 13.2. The number of hydrogen-bond acceptors (Lipinski definition) is 6. The Kier molecular flexibility index (Phi) is 6.16. The highest BCUT2D eigenvalue weighted by Crippen LogP contribution is 2.22. The maximum atomic E-state index is 13.2. The first-order valence-electron chi connectivity index (χ1n) is 9.47. The van der Waals surface area contributed by atoms with Crippen LogP contribution in [-0.4, -0.2) is 33.2 Å². The normalized spacial score (nSPS) is 10.7. The number of carbonyl (C=O) groups excluding carboxylic acids is 1. The van der Waals surface area contributed by atoms with Crippen molar-refractivity contribution in [3.05, 3.63) is 86.8 Å². The van der Waals surface area contributed by atoms with E-state index in [2.05, 4.69) is 11.1 Å². The number of rotatable bonds is 6. The predicted molar refractivity (Wildman–Crippen MR) is 124 cm³/mol. The molecule has 0 saturated carbocycles.